The third kappa shape index (κ3) is 2.17. The molecular weight excluding hydrogens is 212 g/mol. The number of alkyl halides is 1. The first kappa shape index (κ1) is 11.7. The summed E-state index contributed by atoms with van der Waals surface area (Å²) < 4.78 is 11.2. The zero-order chi connectivity index (χ0) is 10.7. The molecule has 0 aliphatic heterocycles. The van der Waals surface area contributed by atoms with Crippen molar-refractivity contribution in [3.8, 4) is 0 Å². The summed E-state index contributed by atoms with van der Waals surface area (Å²) in [5, 5.41) is 0.358. The van der Waals surface area contributed by atoms with Crippen LogP contribution in [0.2, 0.25) is 0 Å². The van der Waals surface area contributed by atoms with Gasteiger partial charge in [-0.1, -0.05) is 12.8 Å². The van der Waals surface area contributed by atoms with Crippen molar-refractivity contribution in [2.75, 3.05) is 19.8 Å². The van der Waals surface area contributed by atoms with Gasteiger partial charge in [0.25, 0.3) is 0 Å². The van der Waals surface area contributed by atoms with Crippen LogP contribution in [-0.4, -0.2) is 31.3 Å². The van der Waals surface area contributed by atoms with Gasteiger partial charge in [0, 0.05) is 17.4 Å². The summed E-state index contributed by atoms with van der Waals surface area (Å²) in [5.41, 5.74) is 0.327. The molecule has 2 unspecified atom stereocenters. The van der Waals surface area contributed by atoms with E-state index in [4.69, 9.17) is 21.1 Å². The number of hydrogen-bond acceptors (Lipinski definition) is 2. The molecule has 0 heterocycles. The molecule has 88 valence electrons. The smallest absolute Gasteiger partial charge is 0.0704 e. The van der Waals surface area contributed by atoms with Gasteiger partial charge in [-0.05, 0) is 26.2 Å². The second-order valence-corrected chi connectivity index (χ2v) is 5.23. The van der Waals surface area contributed by atoms with E-state index in [-0.39, 0.29) is 0 Å². The fourth-order valence-electron chi connectivity index (χ4n) is 2.99. The molecule has 0 radical (unpaired) electrons. The van der Waals surface area contributed by atoms with Crippen molar-refractivity contribution in [1.82, 2.24) is 0 Å². The molecular formula is C12H21ClO2. The molecule has 0 aromatic heterocycles. The highest BCUT2D eigenvalue weighted by molar-refractivity contribution is 6.21. The van der Waals surface area contributed by atoms with E-state index in [1.807, 2.05) is 6.92 Å². The minimum absolute atomic E-state index is 0.327. The Kier molecular flexibility index (Phi) is 3.92. The molecule has 2 fully saturated rings. The summed E-state index contributed by atoms with van der Waals surface area (Å²) in [7, 11) is 0. The summed E-state index contributed by atoms with van der Waals surface area (Å²) in [6.45, 7) is 4.23. The Hall–Kier alpha value is 0.210. The molecule has 1 spiro atoms. The molecule has 2 rings (SSSR count). The maximum absolute atomic E-state index is 6.34. The lowest BCUT2D eigenvalue weighted by Gasteiger charge is -2.51. The van der Waals surface area contributed by atoms with Crippen LogP contribution in [0, 0.1) is 5.41 Å². The maximum atomic E-state index is 6.34. The second-order valence-electron chi connectivity index (χ2n) is 4.70. The fraction of sp³-hybridized carbons (Fsp3) is 1.00. The van der Waals surface area contributed by atoms with Crippen molar-refractivity contribution in [2.24, 2.45) is 5.41 Å². The quantitative estimate of drug-likeness (QED) is 0.536. The zero-order valence-corrected chi connectivity index (χ0v) is 10.3. The topological polar surface area (TPSA) is 18.5 Å². The predicted molar refractivity (Wildman–Crippen MR) is 61.4 cm³/mol. The van der Waals surface area contributed by atoms with E-state index in [9.17, 15) is 0 Å². The maximum Gasteiger partial charge on any atom is 0.0704 e. The van der Waals surface area contributed by atoms with Gasteiger partial charge in [-0.15, -0.1) is 11.6 Å². The number of hydrogen-bond donors (Lipinski definition) is 0. The van der Waals surface area contributed by atoms with Crippen molar-refractivity contribution in [1.29, 1.82) is 0 Å². The SMILES string of the molecule is CCOCCOC1CC(Cl)C12CCCC2. The van der Waals surface area contributed by atoms with E-state index in [0.29, 0.717) is 16.9 Å². The minimum atomic E-state index is 0.327. The Morgan fingerprint density at radius 1 is 1.27 bits per heavy atom. The highest BCUT2D eigenvalue weighted by atomic mass is 35.5. The number of rotatable bonds is 5. The average molecular weight is 233 g/mol. The molecule has 2 atom stereocenters. The highest BCUT2D eigenvalue weighted by Gasteiger charge is 2.55. The van der Waals surface area contributed by atoms with Crippen LogP contribution in [0.5, 0.6) is 0 Å². The van der Waals surface area contributed by atoms with Crippen LogP contribution in [0.25, 0.3) is 0 Å². The van der Waals surface area contributed by atoms with E-state index < -0.39 is 0 Å². The van der Waals surface area contributed by atoms with E-state index in [2.05, 4.69) is 0 Å². The van der Waals surface area contributed by atoms with Gasteiger partial charge < -0.3 is 9.47 Å². The van der Waals surface area contributed by atoms with Crippen LogP contribution < -0.4 is 0 Å². The Bertz CT molecular complexity index is 202. The number of halogens is 1. The normalized spacial score (nSPS) is 33.2. The first-order valence-electron chi connectivity index (χ1n) is 6.13. The lowest BCUT2D eigenvalue weighted by Crippen LogP contribution is -2.54. The van der Waals surface area contributed by atoms with Gasteiger partial charge in [0.1, 0.15) is 0 Å². The lowest BCUT2D eigenvalue weighted by molar-refractivity contribution is -0.115. The summed E-state index contributed by atoms with van der Waals surface area (Å²) in [6, 6.07) is 0. The van der Waals surface area contributed by atoms with Gasteiger partial charge in [0.15, 0.2) is 0 Å². The van der Waals surface area contributed by atoms with E-state index in [1.54, 1.807) is 0 Å². The molecule has 3 heteroatoms. The van der Waals surface area contributed by atoms with Crippen LogP contribution in [0.1, 0.15) is 39.0 Å². The monoisotopic (exact) mass is 232 g/mol. The van der Waals surface area contributed by atoms with Gasteiger partial charge in [-0.25, -0.2) is 0 Å². The third-order valence-electron chi connectivity index (χ3n) is 3.97. The van der Waals surface area contributed by atoms with E-state index in [1.165, 1.54) is 25.7 Å². The van der Waals surface area contributed by atoms with Gasteiger partial charge >= 0.3 is 0 Å². The Morgan fingerprint density at radius 2 is 2.00 bits per heavy atom. The molecule has 2 aliphatic carbocycles. The highest BCUT2D eigenvalue weighted by Crippen LogP contribution is 2.57. The first-order chi connectivity index (χ1) is 7.29. The summed E-state index contributed by atoms with van der Waals surface area (Å²) >= 11 is 6.34. The molecule has 15 heavy (non-hydrogen) atoms. The Labute approximate surface area is 97.3 Å². The van der Waals surface area contributed by atoms with Crippen LogP contribution in [0.15, 0.2) is 0 Å². The van der Waals surface area contributed by atoms with Crippen LogP contribution >= 0.6 is 11.6 Å². The van der Waals surface area contributed by atoms with Crippen LogP contribution in [-0.2, 0) is 9.47 Å². The van der Waals surface area contributed by atoms with Gasteiger partial charge in [0.2, 0.25) is 0 Å². The van der Waals surface area contributed by atoms with Crippen molar-refractivity contribution < 1.29 is 9.47 Å². The van der Waals surface area contributed by atoms with Crippen LogP contribution in [0.4, 0.5) is 0 Å². The fourth-order valence-corrected chi connectivity index (χ4v) is 3.52. The standard InChI is InChI=1S/C12H21ClO2/c1-2-14-7-8-15-11-9-10(13)12(11)5-3-4-6-12/h10-11H,2-9H2,1H3. The minimum Gasteiger partial charge on any atom is -0.379 e. The lowest BCUT2D eigenvalue weighted by atomic mass is 9.64. The largest absolute Gasteiger partial charge is 0.379 e. The third-order valence-corrected chi connectivity index (χ3v) is 4.58. The number of ether oxygens (including phenoxy) is 2. The Morgan fingerprint density at radius 3 is 2.60 bits per heavy atom. The van der Waals surface area contributed by atoms with Crippen molar-refractivity contribution in [3.05, 3.63) is 0 Å². The molecule has 2 nitrogen and oxygen atoms in total. The second kappa shape index (κ2) is 5.03. The molecule has 2 aliphatic rings. The van der Waals surface area contributed by atoms with Crippen LogP contribution in [0.3, 0.4) is 0 Å². The zero-order valence-electron chi connectivity index (χ0n) is 9.51. The summed E-state index contributed by atoms with van der Waals surface area (Å²) in [5.74, 6) is 0. The van der Waals surface area contributed by atoms with Gasteiger partial charge in [-0.3, -0.25) is 0 Å². The molecule has 0 bridgehead atoms. The molecule has 0 N–H and O–H groups in total. The predicted octanol–water partition coefficient (Wildman–Crippen LogP) is 2.98. The van der Waals surface area contributed by atoms with E-state index in [0.717, 1.165) is 26.2 Å². The summed E-state index contributed by atoms with van der Waals surface area (Å²) in [4.78, 5) is 0. The molecule has 0 aromatic rings. The molecule has 0 aromatic carbocycles. The first-order valence-corrected chi connectivity index (χ1v) is 6.56. The van der Waals surface area contributed by atoms with Crippen molar-refractivity contribution in [2.45, 2.75) is 50.5 Å². The van der Waals surface area contributed by atoms with Gasteiger partial charge in [0.05, 0.1) is 19.3 Å². The Balaban J connectivity index is 1.74. The van der Waals surface area contributed by atoms with E-state index >= 15 is 0 Å². The van der Waals surface area contributed by atoms with Crippen molar-refractivity contribution >= 4 is 11.6 Å². The molecule has 2 saturated carbocycles. The average Bonchev–Trinajstić information content (AvgIpc) is 2.74. The molecule has 0 amide bonds. The molecule has 0 saturated heterocycles. The summed E-state index contributed by atoms with van der Waals surface area (Å²) in [6.07, 6.45) is 6.63. The van der Waals surface area contributed by atoms with Crippen molar-refractivity contribution in [3.63, 3.8) is 0 Å². The van der Waals surface area contributed by atoms with Gasteiger partial charge in [-0.2, -0.15) is 0 Å².